The van der Waals surface area contributed by atoms with E-state index in [1.807, 2.05) is 29.1 Å². The van der Waals surface area contributed by atoms with E-state index >= 15 is 0 Å². The van der Waals surface area contributed by atoms with Gasteiger partial charge in [-0.05, 0) is 40.2 Å². The Morgan fingerprint density at radius 3 is 2.62 bits per heavy atom. The second-order valence-electron chi connectivity index (χ2n) is 8.50. The van der Waals surface area contributed by atoms with Gasteiger partial charge in [-0.25, -0.2) is 4.68 Å². The lowest BCUT2D eigenvalue weighted by Crippen LogP contribution is -2.27. The van der Waals surface area contributed by atoms with Gasteiger partial charge in [-0.15, -0.1) is 11.8 Å². The molecule has 0 saturated heterocycles. The van der Waals surface area contributed by atoms with Crippen molar-refractivity contribution in [2.24, 2.45) is 0 Å². The molecule has 0 fully saturated rings. The van der Waals surface area contributed by atoms with Crippen LogP contribution in [0, 0.1) is 13.8 Å². The van der Waals surface area contributed by atoms with Gasteiger partial charge in [0, 0.05) is 16.8 Å². The molecule has 1 aromatic carbocycles. The summed E-state index contributed by atoms with van der Waals surface area (Å²) in [5.41, 5.74) is 5.35. The lowest BCUT2D eigenvalue weighted by Gasteiger charge is -2.23. The number of anilines is 1. The number of nitrogens with one attached hydrogen (secondary N) is 1. The van der Waals surface area contributed by atoms with Crippen LogP contribution in [0.1, 0.15) is 54.1 Å². The van der Waals surface area contributed by atoms with E-state index in [0.29, 0.717) is 5.75 Å². The van der Waals surface area contributed by atoms with Gasteiger partial charge in [0.25, 0.3) is 0 Å². The van der Waals surface area contributed by atoms with Crippen molar-refractivity contribution >= 4 is 23.5 Å². The first-order valence-electron chi connectivity index (χ1n) is 9.83. The van der Waals surface area contributed by atoms with Crippen molar-refractivity contribution in [2.45, 2.75) is 52.0 Å². The molecule has 1 atom stereocenters. The SMILES string of the molecule is Cc1nn(Cc2ccccc2)c(C)c1[C@@H]1SCC(=O)Nc2c1cnn2C(C)(C)C. The number of hydrogen-bond donors (Lipinski definition) is 1. The Kier molecular flexibility index (Phi) is 5.02. The highest BCUT2D eigenvalue weighted by Crippen LogP contribution is 2.44. The zero-order valence-electron chi connectivity index (χ0n) is 17.6. The molecule has 1 amide bonds. The van der Waals surface area contributed by atoms with E-state index in [0.717, 1.165) is 29.3 Å². The fraction of sp³-hybridized carbons (Fsp3) is 0.409. The third-order valence-corrected chi connectivity index (χ3v) is 6.48. The summed E-state index contributed by atoms with van der Waals surface area (Å²) in [6.45, 7) is 11.2. The average molecular weight is 410 g/mol. The molecule has 29 heavy (non-hydrogen) atoms. The van der Waals surface area contributed by atoms with Gasteiger partial charge in [-0.1, -0.05) is 30.3 Å². The molecule has 0 bridgehead atoms. The third kappa shape index (κ3) is 3.71. The Bertz CT molecular complexity index is 1050. The number of carbonyl (C=O) groups is 1. The molecule has 3 heterocycles. The largest absolute Gasteiger partial charge is 0.310 e. The number of aryl methyl sites for hydroxylation is 1. The summed E-state index contributed by atoms with van der Waals surface area (Å²) in [7, 11) is 0. The van der Waals surface area contributed by atoms with Crippen molar-refractivity contribution in [1.29, 1.82) is 0 Å². The summed E-state index contributed by atoms with van der Waals surface area (Å²) in [4.78, 5) is 12.4. The van der Waals surface area contributed by atoms with Crippen LogP contribution >= 0.6 is 11.8 Å². The minimum Gasteiger partial charge on any atom is -0.310 e. The molecule has 0 aliphatic carbocycles. The summed E-state index contributed by atoms with van der Waals surface area (Å²) in [5.74, 6) is 1.22. The molecule has 0 radical (unpaired) electrons. The van der Waals surface area contributed by atoms with Crippen molar-refractivity contribution in [3.8, 4) is 0 Å². The van der Waals surface area contributed by atoms with E-state index in [2.05, 4.69) is 61.8 Å². The van der Waals surface area contributed by atoms with Crippen LogP contribution in [-0.4, -0.2) is 31.2 Å². The highest BCUT2D eigenvalue weighted by molar-refractivity contribution is 8.00. The van der Waals surface area contributed by atoms with Crippen molar-refractivity contribution in [1.82, 2.24) is 19.6 Å². The monoisotopic (exact) mass is 409 g/mol. The van der Waals surface area contributed by atoms with Crippen LogP contribution in [0.4, 0.5) is 5.82 Å². The molecule has 3 aromatic rings. The molecule has 152 valence electrons. The number of rotatable bonds is 3. The summed E-state index contributed by atoms with van der Waals surface area (Å²) < 4.78 is 3.98. The molecular formula is C22H27N5OS. The lowest BCUT2D eigenvalue weighted by atomic mass is 10.0. The smallest absolute Gasteiger partial charge is 0.235 e. The van der Waals surface area contributed by atoms with E-state index in [4.69, 9.17) is 5.10 Å². The summed E-state index contributed by atoms with van der Waals surface area (Å²) in [6.07, 6.45) is 1.90. The fourth-order valence-corrected chi connectivity index (χ4v) is 5.09. The van der Waals surface area contributed by atoms with Gasteiger partial charge in [-0.3, -0.25) is 9.48 Å². The van der Waals surface area contributed by atoms with Gasteiger partial charge in [-0.2, -0.15) is 10.2 Å². The average Bonchev–Trinajstić information content (AvgIpc) is 3.14. The number of aromatic nitrogens is 4. The number of benzene rings is 1. The van der Waals surface area contributed by atoms with E-state index in [-0.39, 0.29) is 16.7 Å². The number of fused-ring (bicyclic) bond motifs is 1. The van der Waals surface area contributed by atoms with Crippen LogP contribution in [0.25, 0.3) is 0 Å². The highest BCUT2D eigenvalue weighted by atomic mass is 32.2. The third-order valence-electron chi connectivity index (χ3n) is 5.23. The molecule has 1 aliphatic rings. The maximum atomic E-state index is 12.4. The summed E-state index contributed by atoms with van der Waals surface area (Å²) in [5, 5.41) is 12.5. The number of nitrogens with zero attached hydrogens (tertiary/aromatic N) is 4. The zero-order chi connectivity index (χ0) is 20.8. The molecule has 0 spiro atoms. The van der Waals surface area contributed by atoms with Gasteiger partial charge in [0.05, 0.1) is 35.0 Å². The van der Waals surface area contributed by atoms with Crippen LogP contribution in [0.3, 0.4) is 0 Å². The molecule has 6 nitrogen and oxygen atoms in total. The van der Waals surface area contributed by atoms with E-state index in [9.17, 15) is 4.79 Å². The molecular weight excluding hydrogens is 382 g/mol. The predicted molar refractivity (Wildman–Crippen MR) is 117 cm³/mol. The van der Waals surface area contributed by atoms with Crippen LogP contribution in [0.5, 0.6) is 0 Å². The Morgan fingerprint density at radius 1 is 1.21 bits per heavy atom. The number of hydrogen-bond acceptors (Lipinski definition) is 4. The van der Waals surface area contributed by atoms with Crippen LogP contribution < -0.4 is 5.32 Å². The van der Waals surface area contributed by atoms with Gasteiger partial charge >= 0.3 is 0 Å². The summed E-state index contributed by atoms with van der Waals surface area (Å²) in [6, 6.07) is 10.4. The molecule has 1 aliphatic heterocycles. The van der Waals surface area contributed by atoms with Gasteiger partial charge in [0.15, 0.2) is 0 Å². The van der Waals surface area contributed by atoms with Crippen molar-refractivity contribution in [2.75, 3.05) is 11.1 Å². The Hall–Kier alpha value is -2.54. The molecule has 4 rings (SSSR count). The number of thioether (sulfide) groups is 1. The Balaban J connectivity index is 1.78. The van der Waals surface area contributed by atoms with Crippen LogP contribution in [0.2, 0.25) is 0 Å². The zero-order valence-corrected chi connectivity index (χ0v) is 18.4. The lowest BCUT2D eigenvalue weighted by molar-refractivity contribution is -0.113. The first-order chi connectivity index (χ1) is 13.8. The fourth-order valence-electron chi connectivity index (χ4n) is 3.84. The first kappa shape index (κ1) is 19.8. The summed E-state index contributed by atoms with van der Waals surface area (Å²) >= 11 is 1.64. The molecule has 0 saturated carbocycles. The highest BCUT2D eigenvalue weighted by Gasteiger charge is 2.33. The molecule has 2 aromatic heterocycles. The molecule has 7 heteroatoms. The predicted octanol–water partition coefficient (Wildman–Crippen LogP) is 4.27. The van der Waals surface area contributed by atoms with Crippen molar-refractivity contribution in [3.63, 3.8) is 0 Å². The minimum atomic E-state index is -0.220. The van der Waals surface area contributed by atoms with Crippen molar-refractivity contribution in [3.05, 3.63) is 64.6 Å². The second-order valence-corrected chi connectivity index (χ2v) is 9.59. The normalized spacial score (nSPS) is 17.0. The van der Waals surface area contributed by atoms with Gasteiger partial charge in [0.2, 0.25) is 5.91 Å². The molecule has 1 N–H and O–H groups in total. The number of carbonyl (C=O) groups excluding carboxylic acids is 1. The second kappa shape index (κ2) is 7.37. The van der Waals surface area contributed by atoms with Crippen LogP contribution in [-0.2, 0) is 16.9 Å². The first-order valence-corrected chi connectivity index (χ1v) is 10.9. The standard InChI is InChI=1S/C22H27N5OS/c1-14-19(15(2)26(25-14)12-16-9-7-6-8-10-16)20-17-11-23-27(22(3,4)5)21(17)24-18(28)13-29-20/h6-11,20H,12-13H2,1-5H3,(H,24,28)/t20-/m1/s1. The van der Waals surface area contributed by atoms with E-state index in [1.165, 1.54) is 11.1 Å². The van der Waals surface area contributed by atoms with Crippen molar-refractivity contribution < 1.29 is 4.79 Å². The van der Waals surface area contributed by atoms with Gasteiger partial charge in [0.1, 0.15) is 5.82 Å². The topological polar surface area (TPSA) is 64.7 Å². The molecule has 0 unspecified atom stereocenters. The maximum absolute atomic E-state index is 12.4. The van der Waals surface area contributed by atoms with Gasteiger partial charge < -0.3 is 5.32 Å². The maximum Gasteiger partial charge on any atom is 0.235 e. The Labute approximate surface area is 175 Å². The quantitative estimate of drug-likeness (QED) is 0.701. The van der Waals surface area contributed by atoms with E-state index in [1.54, 1.807) is 11.8 Å². The minimum absolute atomic E-state index is 0.0109. The number of amides is 1. The Morgan fingerprint density at radius 2 is 1.93 bits per heavy atom. The van der Waals surface area contributed by atoms with Crippen LogP contribution in [0.15, 0.2) is 36.5 Å². The van der Waals surface area contributed by atoms with E-state index < -0.39 is 0 Å².